The molecule has 4 rings (SSSR count). The number of carbonyl (C=O) groups is 1. The smallest absolute Gasteiger partial charge is 0.280 e. The molecule has 8 nitrogen and oxygen atoms in total. The van der Waals surface area contributed by atoms with Crippen LogP contribution in [0.15, 0.2) is 28.9 Å². The number of aryl methyl sites for hydroxylation is 1. The maximum absolute atomic E-state index is 13.9. The van der Waals surface area contributed by atoms with Crippen molar-refractivity contribution in [1.29, 1.82) is 0 Å². The molecule has 1 aromatic carbocycles. The van der Waals surface area contributed by atoms with Crippen LogP contribution >= 0.6 is 0 Å². The first kappa shape index (κ1) is 19.2. The monoisotopic (exact) mass is 402 g/mol. The molecule has 0 radical (unpaired) electrons. The minimum absolute atomic E-state index is 0.0377. The van der Waals surface area contributed by atoms with E-state index in [9.17, 15) is 13.6 Å². The van der Waals surface area contributed by atoms with E-state index >= 15 is 0 Å². The molecule has 29 heavy (non-hydrogen) atoms. The van der Waals surface area contributed by atoms with Crippen molar-refractivity contribution < 1.29 is 18.1 Å². The molecule has 3 heterocycles. The normalized spacial score (nSPS) is 15.1. The first-order valence-corrected chi connectivity index (χ1v) is 9.54. The average Bonchev–Trinajstić information content (AvgIpc) is 3.39. The third-order valence-corrected chi connectivity index (χ3v) is 4.96. The third-order valence-electron chi connectivity index (χ3n) is 4.96. The van der Waals surface area contributed by atoms with Gasteiger partial charge >= 0.3 is 0 Å². The SMILES string of the molecule is CCCc1noc(-c2cn(C3CCN(C(=O)c4cc(F)ccc4F)CC3)nn2)n1. The predicted octanol–water partition coefficient (Wildman–Crippen LogP) is 3.04. The molecule has 0 bridgehead atoms. The van der Waals surface area contributed by atoms with Crippen LogP contribution in [0.1, 0.15) is 48.4 Å². The summed E-state index contributed by atoms with van der Waals surface area (Å²) in [4.78, 5) is 18.3. The predicted molar refractivity (Wildman–Crippen MR) is 97.8 cm³/mol. The molecule has 1 amide bonds. The highest BCUT2D eigenvalue weighted by Gasteiger charge is 2.27. The molecule has 0 saturated carbocycles. The first-order chi connectivity index (χ1) is 14.0. The second-order valence-corrected chi connectivity index (χ2v) is 7.00. The molecule has 1 aliphatic rings. The molecular weight excluding hydrogens is 382 g/mol. The van der Waals surface area contributed by atoms with Crippen molar-refractivity contribution in [2.24, 2.45) is 0 Å². The van der Waals surface area contributed by atoms with Crippen LogP contribution < -0.4 is 0 Å². The van der Waals surface area contributed by atoms with Gasteiger partial charge in [-0.25, -0.2) is 13.5 Å². The van der Waals surface area contributed by atoms with E-state index in [4.69, 9.17) is 4.52 Å². The third kappa shape index (κ3) is 4.01. The summed E-state index contributed by atoms with van der Waals surface area (Å²) >= 11 is 0. The molecule has 0 spiro atoms. The quantitative estimate of drug-likeness (QED) is 0.652. The number of nitrogens with zero attached hydrogens (tertiary/aromatic N) is 6. The van der Waals surface area contributed by atoms with E-state index in [0.29, 0.717) is 43.3 Å². The van der Waals surface area contributed by atoms with Gasteiger partial charge in [0.15, 0.2) is 11.5 Å². The van der Waals surface area contributed by atoms with Gasteiger partial charge in [0.05, 0.1) is 17.8 Å². The lowest BCUT2D eigenvalue weighted by Crippen LogP contribution is -2.39. The molecule has 10 heteroatoms. The number of aromatic nitrogens is 5. The van der Waals surface area contributed by atoms with Gasteiger partial charge in [0.2, 0.25) is 0 Å². The van der Waals surface area contributed by atoms with Crippen LogP contribution in [0.5, 0.6) is 0 Å². The molecule has 0 atom stereocenters. The van der Waals surface area contributed by atoms with Gasteiger partial charge in [-0.15, -0.1) is 5.10 Å². The largest absolute Gasteiger partial charge is 0.338 e. The Labute approximate surface area is 165 Å². The van der Waals surface area contributed by atoms with E-state index in [1.165, 1.54) is 4.90 Å². The number of hydrogen-bond acceptors (Lipinski definition) is 6. The number of amides is 1. The lowest BCUT2D eigenvalue weighted by Gasteiger charge is -2.32. The number of hydrogen-bond donors (Lipinski definition) is 0. The number of piperidine rings is 1. The van der Waals surface area contributed by atoms with Crippen LogP contribution in [0.4, 0.5) is 8.78 Å². The summed E-state index contributed by atoms with van der Waals surface area (Å²) in [6.07, 6.45) is 4.64. The Hall–Kier alpha value is -3.17. The topological polar surface area (TPSA) is 89.9 Å². The van der Waals surface area contributed by atoms with Gasteiger partial charge in [-0.3, -0.25) is 4.79 Å². The van der Waals surface area contributed by atoms with Crippen molar-refractivity contribution in [1.82, 2.24) is 30.0 Å². The molecule has 1 aliphatic heterocycles. The number of likely N-dealkylation sites (tertiary alicyclic amines) is 1. The lowest BCUT2D eigenvalue weighted by atomic mass is 10.0. The van der Waals surface area contributed by atoms with E-state index < -0.39 is 17.5 Å². The van der Waals surface area contributed by atoms with Crippen LogP contribution in [0.3, 0.4) is 0 Å². The minimum Gasteiger partial charge on any atom is -0.338 e. The number of carbonyl (C=O) groups excluding carboxylic acids is 1. The Kier molecular flexibility index (Phi) is 5.32. The maximum atomic E-state index is 13.9. The summed E-state index contributed by atoms with van der Waals surface area (Å²) in [5, 5.41) is 12.2. The zero-order chi connectivity index (χ0) is 20.4. The number of halogens is 2. The maximum Gasteiger partial charge on any atom is 0.280 e. The van der Waals surface area contributed by atoms with Crippen molar-refractivity contribution in [3.8, 4) is 11.6 Å². The highest BCUT2D eigenvalue weighted by molar-refractivity contribution is 5.94. The molecule has 0 N–H and O–H groups in total. The first-order valence-electron chi connectivity index (χ1n) is 9.54. The Balaban J connectivity index is 1.40. The summed E-state index contributed by atoms with van der Waals surface area (Å²) < 4.78 is 34.2. The molecule has 2 aromatic heterocycles. The molecule has 3 aromatic rings. The van der Waals surface area contributed by atoms with Gasteiger partial charge in [0.1, 0.15) is 11.6 Å². The summed E-state index contributed by atoms with van der Waals surface area (Å²) in [6, 6.07) is 2.94. The van der Waals surface area contributed by atoms with Gasteiger partial charge in [0, 0.05) is 19.5 Å². The zero-order valence-electron chi connectivity index (χ0n) is 15.9. The fraction of sp³-hybridized carbons (Fsp3) is 0.421. The molecular formula is C19H20F2N6O2. The molecule has 0 unspecified atom stereocenters. The fourth-order valence-corrected chi connectivity index (χ4v) is 3.40. The second-order valence-electron chi connectivity index (χ2n) is 7.00. The van der Waals surface area contributed by atoms with Crippen LogP contribution in [0.25, 0.3) is 11.6 Å². The fourth-order valence-electron chi connectivity index (χ4n) is 3.40. The summed E-state index contributed by atoms with van der Waals surface area (Å²) in [6.45, 7) is 2.86. The van der Waals surface area contributed by atoms with Crippen molar-refractivity contribution in [2.45, 2.75) is 38.6 Å². The number of benzene rings is 1. The molecule has 152 valence electrons. The van der Waals surface area contributed by atoms with Crippen LogP contribution in [0, 0.1) is 11.6 Å². The van der Waals surface area contributed by atoms with Gasteiger partial charge in [-0.1, -0.05) is 17.3 Å². The van der Waals surface area contributed by atoms with Crippen LogP contribution in [0.2, 0.25) is 0 Å². The number of rotatable bonds is 5. The van der Waals surface area contributed by atoms with E-state index in [2.05, 4.69) is 20.5 Å². The molecule has 1 fully saturated rings. The Morgan fingerprint density at radius 1 is 1.28 bits per heavy atom. The lowest BCUT2D eigenvalue weighted by molar-refractivity contribution is 0.0684. The summed E-state index contributed by atoms with van der Waals surface area (Å²) in [7, 11) is 0. The van der Waals surface area contributed by atoms with Crippen molar-refractivity contribution in [3.63, 3.8) is 0 Å². The van der Waals surface area contributed by atoms with E-state index in [0.717, 1.165) is 31.0 Å². The van der Waals surface area contributed by atoms with Gasteiger partial charge < -0.3 is 9.42 Å². The highest BCUT2D eigenvalue weighted by atomic mass is 19.1. The summed E-state index contributed by atoms with van der Waals surface area (Å²) in [5.41, 5.74) is 0.256. The van der Waals surface area contributed by atoms with Crippen molar-refractivity contribution in [2.75, 3.05) is 13.1 Å². The zero-order valence-corrected chi connectivity index (χ0v) is 15.9. The van der Waals surface area contributed by atoms with E-state index in [1.807, 2.05) is 6.92 Å². The Bertz CT molecular complexity index is 1010. The van der Waals surface area contributed by atoms with E-state index in [-0.39, 0.29) is 11.6 Å². The van der Waals surface area contributed by atoms with Crippen LogP contribution in [-0.4, -0.2) is 49.0 Å². The standard InChI is InChI=1S/C19H20F2N6O2/c1-2-3-17-22-18(29-24-17)16-11-27(25-23-16)13-6-8-26(9-7-13)19(28)14-10-12(20)4-5-15(14)21/h4-5,10-11,13H,2-3,6-9H2,1H3. The average molecular weight is 402 g/mol. The Morgan fingerprint density at radius 2 is 2.07 bits per heavy atom. The van der Waals surface area contributed by atoms with Crippen molar-refractivity contribution in [3.05, 3.63) is 47.4 Å². The van der Waals surface area contributed by atoms with Crippen LogP contribution in [-0.2, 0) is 6.42 Å². The van der Waals surface area contributed by atoms with E-state index in [1.54, 1.807) is 10.9 Å². The van der Waals surface area contributed by atoms with Crippen molar-refractivity contribution >= 4 is 5.91 Å². The highest BCUT2D eigenvalue weighted by Crippen LogP contribution is 2.25. The minimum atomic E-state index is -0.721. The van der Waals surface area contributed by atoms with Gasteiger partial charge in [-0.05, 0) is 37.5 Å². The molecule has 0 aliphatic carbocycles. The second kappa shape index (κ2) is 8.06. The van der Waals surface area contributed by atoms with Gasteiger partial charge in [-0.2, -0.15) is 4.98 Å². The van der Waals surface area contributed by atoms with Gasteiger partial charge in [0.25, 0.3) is 11.8 Å². The molecule has 1 saturated heterocycles. The Morgan fingerprint density at radius 3 is 2.83 bits per heavy atom. The summed E-state index contributed by atoms with van der Waals surface area (Å²) in [5.74, 6) is -0.902.